The Morgan fingerprint density at radius 1 is 0.800 bits per heavy atom. The number of hydrogen-bond donors (Lipinski definition) is 2. The molecule has 2 aromatic carbocycles. The Morgan fingerprint density at radius 2 is 1.45 bits per heavy atom. The van der Waals surface area contributed by atoms with Gasteiger partial charge in [-0.3, -0.25) is 9.59 Å². The molecule has 2 aliphatic carbocycles. The van der Waals surface area contributed by atoms with E-state index in [9.17, 15) is 9.59 Å². The summed E-state index contributed by atoms with van der Waals surface area (Å²) in [5, 5.41) is 6.95. The van der Waals surface area contributed by atoms with Gasteiger partial charge in [0.2, 0.25) is 5.91 Å². The second-order valence-corrected chi connectivity index (χ2v) is 11.6. The molecule has 2 fully saturated rings. The van der Waals surface area contributed by atoms with Gasteiger partial charge in [0.05, 0.1) is 0 Å². The molecule has 1 amide bonds. The lowest BCUT2D eigenvalue weighted by atomic mass is 9.69. The number of anilines is 2. The topological polar surface area (TPSA) is 87.2 Å². The van der Waals surface area contributed by atoms with Gasteiger partial charge in [0.25, 0.3) is 0 Å². The Balaban J connectivity index is 1.23. The van der Waals surface area contributed by atoms with Crippen LogP contribution in [-0.4, -0.2) is 47.8 Å². The minimum absolute atomic E-state index is 0.0355. The highest BCUT2D eigenvalue weighted by atomic mass is 16.2. The number of nitrogens with one attached hydrogen (secondary N) is 2. The third kappa shape index (κ3) is 6.69. The Labute approximate surface area is 237 Å². The molecule has 3 atom stereocenters. The van der Waals surface area contributed by atoms with Crippen molar-refractivity contribution in [2.75, 3.05) is 24.3 Å². The molecule has 1 unspecified atom stereocenters. The number of hydrogen-bond acceptors (Lipinski definition) is 6. The van der Waals surface area contributed by atoms with E-state index in [0.717, 1.165) is 56.0 Å². The summed E-state index contributed by atoms with van der Waals surface area (Å²) in [6, 6.07) is 22.3. The first kappa shape index (κ1) is 27.8. The van der Waals surface area contributed by atoms with Crippen molar-refractivity contribution < 1.29 is 9.59 Å². The van der Waals surface area contributed by atoms with Gasteiger partial charge in [-0.05, 0) is 63.4 Å². The molecular formula is C33H41N5O2. The van der Waals surface area contributed by atoms with Crippen LogP contribution in [-0.2, 0) is 4.79 Å². The smallest absolute Gasteiger partial charge is 0.224 e. The van der Waals surface area contributed by atoms with Gasteiger partial charge in [-0.25, -0.2) is 9.97 Å². The molecule has 1 aromatic heterocycles. The zero-order chi connectivity index (χ0) is 28.1. The molecule has 0 spiro atoms. The third-order valence-electron chi connectivity index (χ3n) is 8.56. The van der Waals surface area contributed by atoms with Crippen LogP contribution >= 0.6 is 0 Å². The molecule has 40 heavy (non-hydrogen) atoms. The van der Waals surface area contributed by atoms with Crippen molar-refractivity contribution in [2.24, 2.45) is 11.8 Å². The van der Waals surface area contributed by atoms with Crippen LogP contribution in [0.2, 0.25) is 0 Å². The first-order valence-electron chi connectivity index (χ1n) is 14.6. The second-order valence-electron chi connectivity index (χ2n) is 11.6. The van der Waals surface area contributed by atoms with Gasteiger partial charge in [0, 0.05) is 49.6 Å². The SMILES string of the molecule is Cc1nc(NC2CCC(NC(=O)C3C[C@@H](c4ccccc4)CC[C@H]3C(=O)c3ccccc3)CC2)cc(N(C)C)n1. The number of carbonyl (C=O) groups is 2. The Bertz CT molecular complexity index is 1290. The van der Waals surface area contributed by atoms with Crippen LogP contribution in [0.3, 0.4) is 0 Å². The molecule has 1 heterocycles. The quantitative estimate of drug-likeness (QED) is 0.353. The zero-order valence-corrected chi connectivity index (χ0v) is 23.8. The monoisotopic (exact) mass is 539 g/mol. The lowest BCUT2D eigenvalue weighted by Gasteiger charge is -2.37. The molecule has 2 N–H and O–H groups in total. The molecule has 3 aromatic rings. The van der Waals surface area contributed by atoms with Gasteiger partial charge in [-0.1, -0.05) is 60.7 Å². The Kier molecular flexibility index (Phi) is 8.78. The van der Waals surface area contributed by atoms with E-state index < -0.39 is 0 Å². The number of aryl methyl sites for hydroxylation is 1. The fraction of sp³-hybridized carbons (Fsp3) is 0.455. The van der Waals surface area contributed by atoms with Crippen molar-refractivity contribution in [1.29, 1.82) is 0 Å². The maximum Gasteiger partial charge on any atom is 0.224 e. The molecule has 0 radical (unpaired) electrons. The van der Waals surface area contributed by atoms with E-state index in [1.165, 1.54) is 5.56 Å². The minimum atomic E-state index is -0.323. The van der Waals surface area contributed by atoms with Gasteiger partial charge in [0.15, 0.2) is 5.78 Å². The van der Waals surface area contributed by atoms with E-state index in [0.29, 0.717) is 23.9 Å². The predicted octanol–water partition coefficient (Wildman–Crippen LogP) is 5.77. The van der Waals surface area contributed by atoms with Gasteiger partial charge in [-0.15, -0.1) is 0 Å². The van der Waals surface area contributed by atoms with Crippen LogP contribution in [0.25, 0.3) is 0 Å². The lowest BCUT2D eigenvalue weighted by Crippen LogP contribution is -2.46. The largest absolute Gasteiger partial charge is 0.367 e. The van der Waals surface area contributed by atoms with E-state index in [-0.39, 0.29) is 29.6 Å². The van der Waals surface area contributed by atoms with Crippen LogP contribution in [0, 0.1) is 18.8 Å². The summed E-state index contributed by atoms with van der Waals surface area (Å²) in [5.41, 5.74) is 1.96. The fourth-order valence-corrected chi connectivity index (χ4v) is 6.37. The number of nitrogens with zero attached hydrogens (tertiary/aromatic N) is 3. The van der Waals surface area contributed by atoms with Crippen molar-refractivity contribution in [3.05, 3.63) is 83.7 Å². The molecule has 2 saturated carbocycles. The maximum absolute atomic E-state index is 13.8. The zero-order valence-electron chi connectivity index (χ0n) is 23.8. The minimum Gasteiger partial charge on any atom is -0.367 e. The summed E-state index contributed by atoms with van der Waals surface area (Å²) < 4.78 is 0. The summed E-state index contributed by atoms with van der Waals surface area (Å²) >= 11 is 0. The molecule has 0 saturated heterocycles. The number of rotatable bonds is 8. The standard InChI is InChI=1S/C33H41N5O2/c1-22-34-30(21-31(35-22)38(2)3)36-26-15-17-27(18-16-26)37-33(40)29-20-25(23-10-6-4-7-11-23)14-19-28(29)32(39)24-12-8-5-9-13-24/h4-13,21,25-29H,14-20H2,1-3H3,(H,37,40)(H,34,35,36)/t25-,26?,27?,28+,29?/m0/s1. The van der Waals surface area contributed by atoms with E-state index in [4.69, 9.17) is 0 Å². The van der Waals surface area contributed by atoms with Gasteiger partial charge in [0.1, 0.15) is 17.5 Å². The summed E-state index contributed by atoms with van der Waals surface area (Å²) in [6.45, 7) is 1.91. The molecule has 210 valence electrons. The number of aromatic nitrogens is 2. The fourth-order valence-electron chi connectivity index (χ4n) is 6.37. The lowest BCUT2D eigenvalue weighted by molar-refractivity contribution is -0.128. The molecule has 5 rings (SSSR count). The van der Waals surface area contributed by atoms with Crippen LogP contribution in [0.1, 0.15) is 72.6 Å². The summed E-state index contributed by atoms with van der Waals surface area (Å²) in [4.78, 5) is 38.4. The van der Waals surface area contributed by atoms with E-state index in [1.54, 1.807) is 0 Å². The highest BCUT2D eigenvalue weighted by molar-refractivity contribution is 6.00. The number of carbonyl (C=O) groups excluding carboxylic acids is 2. The summed E-state index contributed by atoms with van der Waals surface area (Å²) in [5.74, 6) is 2.29. The predicted molar refractivity (Wildman–Crippen MR) is 160 cm³/mol. The first-order chi connectivity index (χ1) is 19.4. The molecule has 0 aliphatic heterocycles. The van der Waals surface area contributed by atoms with E-state index >= 15 is 0 Å². The number of Topliss-reactive ketones (excluding diaryl/α,β-unsaturated/α-hetero) is 1. The van der Waals surface area contributed by atoms with Crippen molar-refractivity contribution >= 4 is 23.3 Å². The van der Waals surface area contributed by atoms with Crippen molar-refractivity contribution in [3.8, 4) is 0 Å². The van der Waals surface area contributed by atoms with Crippen LogP contribution < -0.4 is 15.5 Å². The van der Waals surface area contributed by atoms with E-state index in [1.807, 2.05) is 68.4 Å². The van der Waals surface area contributed by atoms with Crippen LogP contribution in [0.4, 0.5) is 11.6 Å². The van der Waals surface area contributed by atoms with Crippen molar-refractivity contribution in [2.45, 2.75) is 69.9 Å². The average molecular weight is 540 g/mol. The van der Waals surface area contributed by atoms with Gasteiger partial charge in [-0.2, -0.15) is 0 Å². The molecule has 0 bridgehead atoms. The van der Waals surface area contributed by atoms with Crippen LogP contribution in [0.15, 0.2) is 66.7 Å². The molecular weight excluding hydrogens is 498 g/mol. The van der Waals surface area contributed by atoms with Gasteiger partial charge >= 0.3 is 0 Å². The molecule has 7 heteroatoms. The summed E-state index contributed by atoms with van der Waals surface area (Å²) in [7, 11) is 3.96. The normalized spacial score (nSPS) is 24.6. The van der Waals surface area contributed by atoms with Crippen molar-refractivity contribution in [1.82, 2.24) is 15.3 Å². The average Bonchev–Trinajstić information content (AvgIpc) is 2.98. The first-order valence-corrected chi connectivity index (χ1v) is 14.6. The second kappa shape index (κ2) is 12.6. The Morgan fingerprint density at radius 3 is 2.12 bits per heavy atom. The molecule has 7 nitrogen and oxygen atoms in total. The third-order valence-corrected chi connectivity index (χ3v) is 8.56. The number of ketones is 1. The van der Waals surface area contributed by atoms with Crippen molar-refractivity contribution in [3.63, 3.8) is 0 Å². The highest BCUT2D eigenvalue weighted by Crippen LogP contribution is 2.41. The van der Waals surface area contributed by atoms with Gasteiger partial charge < -0.3 is 15.5 Å². The van der Waals surface area contributed by atoms with Crippen LogP contribution in [0.5, 0.6) is 0 Å². The number of benzene rings is 2. The summed E-state index contributed by atoms with van der Waals surface area (Å²) in [6.07, 6.45) is 6.07. The molecule has 2 aliphatic rings. The Hall–Kier alpha value is -3.74. The maximum atomic E-state index is 13.8. The van der Waals surface area contributed by atoms with E-state index in [2.05, 4.69) is 44.9 Å². The number of amides is 1. The highest BCUT2D eigenvalue weighted by Gasteiger charge is 2.40.